The maximum atomic E-state index is 13.0. The average molecular weight is 256 g/mol. The Labute approximate surface area is 103 Å². The van der Waals surface area contributed by atoms with Crippen molar-refractivity contribution in [3.8, 4) is 0 Å². The molecule has 1 aromatic carbocycles. The Morgan fingerprint density at radius 2 is 2.12 bits per heavy atom. The zero-order valence-corrected chi connectivity index (χ0v) is 10.0. The minimum Gasteiger partial charge on any atom is -0.478 e. The van der Waals surface area contributed by atoms with Gasteiger partial charge in [0, 0.05) is 23.4 Å². The fourth-order valence-corrected chi connectivity index (χ4v) is 2.95. The molecule has 0 atom stereocenters. The Morgan fingerprint density at radius 3 is 2.76 bits per heavy atom. The van der Waals surface area contributed by atoms with E-state index < -0.39 is 11.8 Å². The number of halogens is 1. The van der Waals surface area contributed by atoms with Gasteiger partial charge in [0.15, 0.2) is 0 Å². The number of carboxylic acids is 1. The Kier molecular flexibility index (Phi) is 4.02. The molecule has 1 aliphatic rings. The Morgan fingerprint density at radius 1 is 1.41 bits per heavy atom. The topological polar surface area (TPSA) is 46.5 Å². The van der Waals surface area contributed by atoms with Crippen molar-refractivity contribution in [3.63, 3.8) is 0 Å². The zero-order valence-electron chi connectivity index (χ0n) is 9.19. The molecule has 0 saturated carbocycles. The van der Waals surface area contributed by atoms with Gasteiger partial charge in [0.1, 0.15) is 5.82 Å². The summed E-state index contributed by atoms with van der Waals surface area (Å²) >= 11 is 1.50. The highest BCUT2D eigenvalue weighted by molar-refractivity contribution is 8.00. The number of aromatic carboxylic acids is 1. The molecule has 1 heterocycles. The molecule has 0 aliphatic carbocycles. The highest BCUT2D eigenvalue weighted by Gasteiger charge is 2.19. The molecule has 0 radical (unpaired) electrons. The Bertz CT molecular complexity index is 416. The van der Waals surface area contributed by atoms with E-state index in [-0.39, 0.29) is 5.56 Å². The predicted molar refractivity (Wildman–Crippen MR) is 63.1 cm³/mol. The van der Waals surface area contributed by atoms with E-state index in [0.717, 1.165) is 18.9 Å². The summed E-state index contributed by atoms with van der Waals surface area (Å²) in [5.74, 6) is -1.60. The molecule has 5 heteroatoms. The van der Waals surface area contributed by atoms with Crippen LogP contribution in [0, 0.1) is 5.82 Å². The number of thioether (sulfide) groups is 1. The third-order valence-electron chi connectivity index (χ3n) is 2.63. The highest BCUT2D eigenvalue weighted by Crippen LogP contribution is 2.32. The molecule has 0 aromatic heterocycles. The highest BCUT2D eigenvalue weighted by atomic mass is 32.2. The van der Waals surface area contributed by atoms with Gasteiger partial charge in [-0.05, 0) is 31.0 Å². The standard InChI is InChI=1S/C12H13FO3S/c13-8-1-2-11(10(7-8)12(14)15)17-9-3-5-16-6-4-9/h1-2,7,9H,3-6H2,(H,14,15). The predicted octanol–water partition coefficient (Wildman–Crippen LogP) is 2.80. The summed E-state index contributed by atoms with van der Waals surface area (Å²) in [5, 5.41) is 9.37. The lowest BCUT2D eigenvalue weighted by atomic mass is 10.2. The summed E-state index contributed by atoms with van der Waals surface area (Å²) in [6, 6.07) is 3.91. The van der Waals surface area contributed by atoms with Gasteiger partial charge < -0.3 is 9.84 Å². The number of carboxylic acid groups (broad SMARTS) is 1. The fraction of sp³-hybridized carbons (Fsp3) is 0.417. The van der Waals surface area contributed by atoms with Crippen LogP contribution in [0.25, 0.3) is 0 Å². The van der Waals surface area contributed by atoms with Crippen molar-refractivity contribution in [2.24, 2.45) is 0 Å². The quantitative estimate of drug-likeness (QED) is 0.903. The summed E-state index contributed by atoms with van der Waals surface area (Å²) in [6.07, 6.45) is 1.81. The molecule has 0 spiro atoms. The molecule has 0 amide bonds. The summed E-state index contributed by atoms with van der Waals surface area (Å²) < 4.78 is 18.2. The van der Waals surface area contributed by atoms with Crippen molar-refractivity contribution in [2.45, 2.75) is 23.0 Å². The van der Waals surface area contributed by atoms with Gasteiger partial charge >= 0.3 is 5.97 Å². The van der Waals surface area contributed by atoms with Crippen molar-refractivity contribution in [3.05, 3.63) is 29.6 Å². The number of ether oxygens (including phenoxy) is 1. The van der Waals surface area contributed by atoms with Gasteiger partial charge in [-0.25, -0.2) is 9.18 Å². The Balaban J connectivity index is 2.16. The van der Waals surface area contributed by atoms with Gasteiger partial charge in [0.2, 0.25) is 0 Å². The largest absolute Gasteiger partial charge is 0.478 e. The van der Waals surface area contributed by atoms with Crippen LogP contribution in [-0.2, 0) is 4.74 Å². The van der Waals surface area contributed by atoms with Crippen LogP contribution >= 0.6 is 11.8 Å². The minimum atomic E-state index is -1.08. The van der Waals surface area contributed by atoms with Crippen molar-refractivity contribution in [1.82, 2.24) is 0 Å². The van der Waals surface area contributed by atoms with Crippen LogP contribution in [0.4, 0.5) is 4.39 Å². The lowest BCUT2D eigenvalue weighted by molar-refractivity contribution is 0.0692. The van der Waals surface area contributed by atoms with Gasteiger partial charge in [-0.3, -0.25) is 0 Å². The fourth-order valence-electron chi connectivity index (χ4n) is 1.75. The molecule has 1 N–H and O–H groups in total. The van der Waals surface area contributed by atoms with E-state index in [1.165, 1.54) is 17.8 Å². The lowest BCUT2D eigenvalue weighted by Crippen LogP contribution is -2.17. The van der Waals surface area contributed by atoms with E-state index in [1.54, 1.807) is 6.07 Å². The molecule has 2 rings (SSSR count). The zero-order chi connectivity index (χ0) is 12.3. The van der Waals surface area contributed by atoms with Gasteiger partial charge in [0.25, 0.3) is 0 Å². The second kappa shape index (κ2) is 5.51. The van der Waals surface area contributed by atoms with Crippen LogP contribution in [0.5, 0.6) is 0 Å². The first kappa shape index (κ1) is 12.4. The van der Waals surface area contributed by atoms with Crippen LogP contribution in [0.2, 0.25) is 0 Å². The van der Waals surface area contributed by atoms with Crippen molar-refractivity contribution >= 4 is 17.7 Å². The van der Waals surface area contributed by atoms with E-state index in [0.29, 0.717) is 23.4 Å². The number of hydrogen-bond acceptors (Lipinski definition) is 3. The van der Waals surface area contributed by atoms with Crippen LogP contribution in [0.1, 0.15) is 23.2 Å². The third kappa shape index (κ3) is 3.20. The molecule has 92 valence electrons. The SMILES string of the molecule is O=C(O)c1cc(F)ccc1SC1CCOCC1. The Hall–Kier alpha value is -1.07. The maximum Gasteiger partial charge on any atom is 0.336 e. The van der Waals surface area contributed by atoms with E-state index in [1.807, 2.05) is 0 Å². The van der Waals surface area contributed by atoms with Gasteiger partial charge in [0.05, 0.1) is 5.56 Å². The molecular formula is C12H13FO3S. The first-order chi connectivity index (χ1) is 8.16. The number of hydrogen-bond donors (Lipinski definition) is 1. The molecule has 1 aliphatic heterocycles. The molecule has 1 saturated heterocycles. The molecular weight excluding hydrogens is 243 g/mol. The molecule has 17 heavy (non-hydrogen) atoms. The summed E-state index contributed by atoms with van der Waals surface area (Å²) in [6.45, 7) is 1.42. The summed E-state index contributed by atoms with van der Waals surface area (Å²) in [7, 11) is 0. The van der Waals surface area contributed by atoms with E-state index in [4.69, 9.17) is 9.84 Å². The normalized spacial score (nSPS) is 17.0. The van der Waals surface area contributed by atoms with Crippen molar-refractivity contribution < 1.29 is 19.0 Å². The lowest BCUT2D eigenvalue weighted by Gasteiger charge is -2.22. The van der Waals surface area contributed by atoms with Gasteiger partial charge in [-0.1, -0.05) is 0 Å². The average Bonchev–Trinajstić information content (AvgIpc) is 2.32. The number of benzene rings is 1. The second-order valence-corrected chi connectivity index (χ2v) is 5.22. The van der Waals surface area contributed by atoms with Gasteiger partial charge in [-0.2, -0.15) is 0 Å². The van der Waals surface area contributed by atoms with Crippen LogP contribution < -0.4 is 0 Å². The van der Waals surface area contributed by atoms with Crippen LogP contribution in [0.15, 0.2) is 23.1 Å². The van der Waals surface area contributed by atoms with E-state index in [2.05, 4.69) is 0 Å². The minimum absolute atomic E-state index is 0.0430. The van der Waals surface area contributed by atoms with Crippen LogP contribution in [-0.4, -0.2) is 29.5 Å². The van der Waals surface area contributed by atoms with E-state index >= 15 is 0 Å². The molecule has 0 bridgehead atoms. The van der Waals surface area contributed by atoms with Crippen LogP contribution in [0.3, 0.4) is 0 Å². The van der Waals surface area contributed by atoms with Gasteiger partial charge in [-0.15, -0.1) is 11.8 Å². The first-order valence-electron chi connectivity index (χ1n) is 5.44. The third-order valence-corrected chi connectivity index (χ3v) is 4.05. The molecule has 1 fully saturated rings. The summed E-state index contributed by atoms with van der Waals surface area (Å²) in [5.41, 5.74) is 0.0430. The van der Waals surface area contributed by atoms with E-state index in [9.17, 15) is 9.18 Å². The maximum absolute atomic E-state index is 13.0. The number of rotatable bonds is 3. The first-order valence-corrected chi connectivity index (χ1v) is 6.32. The summed E-state index contributed by atoms with van der Waals surface area (Å²) in [4.78, 5) is 11.6. The second-order valence-electron chi connectivity index (χ2n) is 3.88. The van der Waals surface area contributed by atoms with Crippen molar-refractivity contribution in [2.75, 3.05) is 13.2 Å². The molecule has 0 unspecified atom stereocenters. The monoisotopic (exact) mass is 256 g/mol. The molecule has 3 nitrogen and oxygen atoms in total. The number of carbonyl (C=O) groups is 1. The molecule has 1 aromatic rings. The smallest absolute Gasteiger partial charge is 0.336 e. The van der Waals surface area contributed by atoms with Crippen molar-refractivity contribution in [1.29, 1.82) is 0 Å².